The van der Waals surface area contributed by atoms with Crippen molar-refractivity contribution in [2.45, 2.75) is 13.8 Å². The van der Waals surface area contributed by atoms with Crippen molar-refractivity contribution in [3.8, 4) is 17.4 Å². The number of carbonyl (C=O) groups excluding carboxylic acids is 1. The molecule has 0 radical (unpaired) electrons. The van der Waals surface area contributed by atoms with Crippen molar-refractivity contribution in [3.63, 3.8) is 0 Å². The number of rotatable bonds is 6. The number of furan rings is 1. The van der Waals surface area contributed by atoms with Gasteiger partial charge in [-0.1, -0.05) is 0 Å². The maximum atomic E-state index is 12.0. The van der Waals surface area contributed by atoms with Crippen molar-refractivity contribution in [2.75, 3.05) is 5.32 Å². The van der Waals surface area contributed by atoms with E-state index >= 15 is 0 Å². The van der Waals surface area contributed by atoms with E-state index in [1.165, 1.54) is 12.4 Å². The average Bonchev–Trinajstić information content (AvgIpc) is 3.37. The number of hydrogen-bond acceptors (Lipinski definition) is 6. The van der Waals surface area contributed by atoms with E-state index in [2.05, 4.69) is 20.4 Å². The number of aryl methyl sites for hydroxylation is 2. The second-order valence-corrected chi connectivity index (χ2v) is 6.52. The zero-order valence-electron chi connectivity index (χ0n) is 16.4. The monoisotopic (exact) mass is 401 g/mol. The topological polar surface area (TPSA) is 95.1 Å². The minimum absolute atomic E-state index is 0.259. The molecule has 3 heterocycles. The summed E-state index contributed by atoms with van der Waals surface area (Å²) in [6.07, 6.45) is 5.99. The number of amides is 1. The highest BCUT2D eigenvalue weighted by Crippen LogP contribution is 2.23. The molecule has 0 saturated heterocycles. The van der Waals surface area contributed by atoms with Gasteiger partial charge in [-0.2, -0.15) is 5.10 Å². The van der Waals surface area contributed by atoms with Crippen molar-refractivity contribution < 1.29 is 13.9 Å². The van der Waals surface area contributed by atoms with Crippen LogP contribution in [0.25, 0.3) is 11.9 Å². The van der Waals surface area contributed by atoms with Crippen molar-refractivity contribution in [1.82, 2.24) is 19.7 Å². The lowest BCUT2D eigenvalue weighted by Gasteiger charge is -2.08. The molecule has 0 unspecified atom stereocenters. The predicted octanol–water partition coefficient (Wildman–Crippen LogP) is 4.32. The minimum Gasteiger partial charge on any atom is -0.465 e. The van der Waals surface area contributed by atoms with E-state index in [0.29, 0.717) is 28.9 Å². The van der Waals surface area contributed by atoms with Crippen LogP contribution in [0.1, 0.15) is 17.1 Å². The fraction of sp³-hybridized carbons (Fsp3) is 0.0909. The zero-order chi connectivity index (χ0) is 20.9. The molecule has 0 aliphatic heterocycles. The Hall–Kier alpha value is -4.20. The lowest BCUT2D eigenvalue weighted by Crippen LogP contribution is -2.07. The average molecular weight is 401 g/mol. The highest BCUT2D eigenvalue weighted by Gasteiger charge is 2.08. The second kappa shape index (κ2) is 8.44. The number of nitrogens with zero attached hydrogens (tertiary/aromatic N) is 4. The molecule has 0 atom stereocenters. The Bertz CT molecular complexity index is 1180. The molecule has 1 N–H and O–H groups in total. The standard InChI is InChI=1S/C22H19N5O3/c1-15-12-16(2)27(26-15)20-13-22(24-14-23-20)30-19-7-5-17(6-8-19)25-21(28)10-9-18-4-3-11-29-18/h3-14H,1-2H3,(H,25,28)/b10-9+. The molecular weight excluding hydrogens is 382 g/mol. The number of benzene rings is 1. The lowest BCUT2D eigenvalue weighted by molar-refractivity contribution is -0.111. The molecule has 0 saturated carbocycles. The van der Waals surface area contributed by atoms with E-state index < -0.39 is 0 Å². The van der Waals surface area contributed by atoms with Crippen LogP contribution in [0.3, 0.4) is 0 Å². The van der Waals surface area contributed by atoms with Crippen LogP contribution >= 0.6 is 0 Å². The number of nitrogens with one attached hydrogen (secondary N) is 1. The largest absolute Gasteiger partial charge is 0.465 e. The summed E-state index contributed by atoms with van der Waals surface area (Å²) < 4.78 is 12.7. The molecule has 4 rings (SSSR count). The summed E-state index contributed by atoms with van der Waals surface area (Å²) >= 11 is 0. The first-order chi connectivity index (χ1) is 14.6. The number of carbonyl (C=O) groups is 1. The molecule has 0 bridgehead atoms. The Labute approximate surface area is 172 Å². The summed E-state index contributed by atoms with van der Waals surface area (Å²) in [5.74, 6) is 1.95. The summed E-state index contributed by atoms with van der Waals surface area (Å²) in [5.41, 5.74) is 2.52. The maximum Gasteiger partial charge on any atom is 0.248 e. The van der Waals surface area contributed by atoms with Crippen LogP contribution in [0.15, 0.2) is 71.6 Å². The van der Waals surface area contributed by atoms with Gasteiger partial charge in [-0.25, -0.2) is 14.6 Å². The van der Waals surface area contributed by atoms with E-state index in [1.54, 1.807) is 59.5 Å². The van der Waals surface area contributed by atoms with E-state index in [4.69, 9.17) is 9.15 Å². The summed E-state index contributed by atoms with van der Waals surface area (Å²) in [4.78, 5) is 20.4. The van der Waals surface area contributed by atoms with Crippen LogP contribution in [0.2, 0.25) is 0 Å². The molecule has 1 amide bonds. The number of anilines is 1. The van der Waals surface area contributed by atoms with Gasteiger partial charge in [-0.15, -0.1) is 0 Å². The van der Waals surface area contributed by atoms with Crippen LogP contribution in [0, 0.1) is 13.8 Å². The van der Waals surface area contributed by atoms with Crippen molar-refractivity contribution in [3.05, 3.63) is 84.3 Å². The molecule has 1 aromatic carbocycles. The number of hydrogen-bond donors (Lipinski definition) is 1. The first-order valence-corrected chi connectivity index (χ1v) is 9.23. The zero-order valence-corrected chi connectivity index (χ0v) is 16.4. The first kappa shape index (κ1) is 19.1. The molecule has 4 aromatic rings. The fourth-order valence-corrected chi connectivity index (χ4v) is 2.82. The molecule has 0 aliphatic rings. The third kappa shape index (κ3) is 4.61. The van der Waals surface area contributed by atoms with E-state index in [9.17, 15) is 4.79 Å². The van der Waals surface area contributed by atoms with Crippen molar-refractivity contribution >= 4 is 17.7 Å². The van der Waals surface area contributed by atoms with Gasteiger partial charge in [0.1, 0.15) is 17.8 Å². The van der Waals surface area contributed by atoms with E-state index in [1.807, 2.05) is 19.9 Å². The summed E-state index contributed by atoms with van der Waals surface area (Å²) in [6.45, 7) is 3.88. The van der Waals surface area contributed by atoms with E-state index in [-0.39, 0.29) is 5.91 Å². The highest BCUT2D eigenvalue weighted by molar-refractivity contribution is 6.01. The third-order valence-electron chi connectivity index (χ3n) is 4.14. The molecule has 150 valence electrons. The number of ether oxygens (including phenoxy) is 1. The first-order valence-electron chi connectivity index (χ1n) is 9.23. The van der Waals surface area contributed by atoms with E-state index in [0.717, 1.165) is 11.4 Å². The van der Waals surface area contributed by atoms with Gasteiger partial charge < -0.3 is 14.5 Å². The smallest absolute Gasteiger partial charge is 0.248 e. The maximum absolute atomic E-state index is 12.0. The van der Waals surface area contributed by atoms with Crippen molar-refractivity contribution in [2.24, 2.45) is 0 Å². The van der Waals surface area contributed by atoms with Gasteiger partial charge in [0.05, 0.1) is 12.0 Å². The van der Waals surface area contributed by atoms with Gasteiger partial charge in [-0.05, 0) is 62.4 Å². The highest BCUT2D eigenvalue weighted by atomic mass is 16.5. The van der Waals surface area contributed by atoms with Gasteiger partial charge in [0.2, 0.25) is 11.8 Å². The second-order valence-electron chi connectivity index (χ2n) is 6.52. The number of aromatic nitrogens is 4. The van der Waals surface area contributed by atoms with Crippen LogP contribution in [-0.2, 0) is 4.79 Å². The van der Waals surface area contributed by atoms with Crippen LogP contribution in [0.5, 0.6) is 11.6 Å². The molecule has 3 aromatic heterocycles. The summed E-state index contributed by atoms with van der Waals surface area (Å²) in [5, 5.41) is 7.19. The van der Waals surface area contributed by atoms with Gasteiger partial charge >= 0.3 is 0 Å². The van der Waals surface area contributed by atoms with Crippen LogP contribution < -0.4 is 10.1 Å². The normalized spacial score (nSPS) is 11.0. The third-order valence-corrected chi connectivity index (χ3v) is 4.14. The molecule has 8 heteroatoms. The van der Waals surface area contributed by atoms with Crippen LogP contribution in [-0.4, -0.2) is 25.7 Å². The van der Waals surface area contributed by atoms with Crippen molar-refractivity contribution in [1.29, 1.82) is 0 Å². The molecule has 8 nitrogen and oxygen atoms in total. The van der Waals surface area contributed by atoms with Gasteiger partial charge in [0, 0.05) is 23.5 Å². The van der Waals surface area contributed by atoms with Gasteiger partial charge in [-0.3, -0.25) is 4.79 Å². The Kier molecular flexibility index (Phi) is 5.38. The molecule has 0 aliphatic carbocycles. The van der Waals surface area contributed by atoms with Gasteiger partial charge in [0.15, 0.2) is 5.82 Å². The Morgan fingerprint density at radius 1 is 1.13 bits per heavy atom. The predicted molar refractivity (Wildman–Crippen MR) is 112 cm³/mol. The van der Waals surface area contributed by atoms with Gasteiger partial charge in [0.25, 0.3) is 0 Å². The fourth-order valence-electron chi connectivity index (χ4n) is 2.82. The SMILES string of the molecule is Cc1cc(C)n(-c2cc(Oc3ccc(NC(=O)/C=C/c4ccco4)cc3)ncn2)n1. The minimum atomic E-state index is -0.259. The lowest BCUT2D eigenvalue weighted by atomic mass is 10.3. The Morgan fingerprint density at radius 2 is 1.97 bits per heavy atom. The summed E-state index contributed by atoms with van der Waals surface area (Å²) in [6, 6.07) is 14.2. The summed E-state index contributed by atoms with van der Waals surface area (Å²) in [7, 11) is 0. The molecule has 30 heavy (non-hydrogen) atoms. The van der Waals surface area contributed by atoms with Crippen LogP contribution in [0.4, 0.5) is 5.69 Å². The quantitative estimate of drug-likeness (QED) is 0.484. The Morgan fingerprint density at radius 3 is 2.67 bits per heavy atom. The molecular formula is C22H19N5O3. The molecule has 0 fully saturated rings. The molecule has 0 spiro atoms. The Balaban J connectivity index is 1.41.